The lowest BCUT2D eigenvalue weighted by Crippen LogP contribution is -2.30. The van der Waals surface area contributed by atoms with E-state index in [9.17, 15) is 9.35 Å². The zero-order valence-corrected chi connectivity index (χ0v) is 16.5. The number of amides is 1. The van der Waals surface area contributed by atoms with Crippen LogP contribution in [0.3, 0.4) is 0 Å². The Kier molecular flexibility index (Phi) is 4.70. The highest BCUT2D eigenvalue weighted by molar-refractivity contribution is 7.90. The molecule has 1 atom stereocenters. The predicted molar refractivity (Wildman–Crippen MR) is 111 cm³/mol. The molecule has 7 heteroatoms. The lowest BCUT2D eigenvalue weighted by Gasteiger charge is -2.11. The first-order valence-electron chi connectivity index (χ1n) is 8.72. The van der Waals surface area contributed by atoms with E-state index in [1.54, 1.807) is 24.4 Å². The van der Waals surface area contributed by atoms with Gasteiger partial charge in [-0.25, -0.2) is 0 Å². The van der Waals surface area contributed by atoms with Gasteiger partial charge in [-0.15, -0.1) is 0 Å². The number of fused-ring (bicyclic) bond motifs is 2. The molecule has 0 saturated carbocycles. The Morgan fingerprint density at radius 1 is 1.18 bits per heavy atom. The van der Waals surface area contributed by atoms with Crippen molar-refractivity contribution in [2.45, 2.75) is 11.8 Å². The highest BCUT2D eigenvalue weighted by atomic mass is 32.2. The molecule has 0 saturated heterocycles. The summed E-state index contributed by atoms with van der Waals surface area (Å²) in [6, 6.07) is 14.7. The summed E-state index contributed by atoms with van der Waals surface area (Å²) >= 11 is -1.76. The van der Waals surface area contributed by atoms with Crippen LogP contribution in [-0.2, 0) is 11.4 Å². The maximum absolute atomic E-state index is 12.8. The van der Waals surface area contributed by atoms with Gasteiger partial charge in [0.1, 0.15) is 22.5 Å². The molecule has 2 aromatic heterocycles. The first-order chi connectivity index (χ1) is 13.4. The predicted octanol–water partition coefficient (Wildman–Crippen LogP) is 3.81. The van der Waals surface area contributed by atoms with Crippen LogP contribution in [0.2, 0.25) is 0 Å². The van der Waals surface area contributed by atoms with E-state index in [0.29, 0.717) is 16.0 Å². The molecule has 28 heavy (non-hydrogen) atoms. The Labute approximate surface area is 165 Å². The molecule has 0 aliphatic carbocycles. The molecule has 0 radical (unpaired) electrons. The van der Waals surface area contributed by atoms with Crippen LogP contribution >= 0.6 is 0 Å². The summed E-state index contributed by atoms with van der Waals surface area (Å²) in [5.41, 5.74) is 3.21. The summed E-state index contributed by atoms with van der Waals surface area (Å²) in [6.07, 6.45) is 1.67. The molecule has 0 spiro atoms. The van der Waals surface area contributed by atoms with E-state index in [1.807, 2.05) is 56.3 Å². The maximum atomic E-state index is 12.8. The molecular weight excluding hydrogens is 374 g/mol. The maximum Gasteiger partial charge on any atom is 0.328 e. The van der Waals surface area contributed by atoms with Crippen LogP contribution in [0.15, 0.2) is 64.0 Å². The topological polar surface area (TPSA) is 81.4 Å². The van der Waals surface area contributed by atoms with Gasteiger partial charge in [0.15, 0.2) is 5.76 Å². The number of aromatic nitrogens is 1. The summed E-state index contributed by atoms with van der Waals surface area (Å²) in [6.45, 7) is 1.96. The summed E-state index contributed by atoms with van der Waals surface area (Å²) in [7, 11) is 3.86. The van der Waals surface area contributed by atoms with Crippen molar-refractivity contribution in [3.8, 4) is 0 Å². The van der Waals surface area contributed by atoms with Gasteiger partial charge < -0.3 is 13.9 Å². The molecule has 0 aliphatic rings. The van der Waals surface area contributed by atoms with Crippen LogP contribution in [0.1, 0.15) is 16.1 Å². The first-order valence-corrected chi connectivity index (χ1v) is 9.87. The number of carbonyl (C=O) groups is 1. The Balaban J connectivity index is 1.62. The number of nitrogens with one attached hydrogen (secondary N) is 1. The van der Waals surface area contributed by atoms with E-state index in [4.69, 9.17) is 4.42 Å². The fraction of sp³-hybridized carbons (Fsp3) is 0.143. The van der Waals surface area contributed by atoms with Crippen molar-refractivity contribution in [3.05, 3.63) is 66.1 Å². The molecular formula is C21H19N3O3S. The van der Waals surface area contributed by atoms with E-state index in [2.05, 4.69) is 9.71 Å². The van der Waals surface area contributed by atoms with Crippen LogP contribution in [-0.4, -0.2) is 29.5 Å². The molecule has 1 amide bonds. The minimum Gasteiger partial charge on any atom is -0.588 e. The van der Waals surface area contributed by atoms with Gasteiger partial charge in [-0.05, 0) is 42.8 Å². The van der Waals surface area contributed by atoms with Gasteiger partial charge in [-0.2, -0.15) is 4.72 Å². The smallest absolute Gasteiger partial charge is 0.328 e. The summed E-state index contributed by atoms with van der Waals surface area (Å²) in [5.74, 6) is -0.422. The van der Waals surface area contributed by atoms with E-state index >= 15 is 0 Å². The molecule has 1 unspecified atom stereocenters. The largest absolute Gasteiger partial charge is 0.588 e. The number of furan rings is 1. The molecule has 6 nitrogen and oxygen atoms in total. The average molecular weight is 393 g/mol. The van der Waals surface area contributed by atoms with Gasteiger partial charge in [0.25, 0.3) is 0 Å². The highest BCUT2D eigenvalue weighted by Gasteiger charge is 2.23. The van der Waals surface area contributed by atoms with Crippen molar-refractivity contribution in [1.82, 2.24) is 9.71 Å². The third-order valence-corrected chi connectivity index (χ3v) is 5.68. The second kappa shape index (κ2) is 7.18. The van der Waals surface area contributed by atoms with Gasteiger partial charge in [0, 0.05) is 42.8 Å². The lowest BCUT2D eigenvalue weighted by molar-refractivity contribution is 0.0956. The molecule has 0 fully saturated rings. The van der Waals surface area contributed by atoms with Crippen molar-refractivity contribution >= 4 is 44.8 Å². The lowest BCUT2D eigenvalue weighted by atomic mass is 10.1. The Hall–Kier alpha value is -3.03. The van der Waals surface area contributed by atoms with Crippen molar-refractivity contribution in [3.63, 3.8) is 0 Å². The average Bonchev–Trinajstić information content (AvgIpc) is 3.11. The standard InChI is InChI=1S/C21H19N3O3S/c1-13-9-10-22-20-16(13)5-4-6-19(20)28(26)23-21(25)18-11-14-7-8-15(24(2)3)12-17(14)27-18/h4-12H,1-3H3,(H,23,25). The number of hydrogen-bond acceptors (Lipinski definition) is 5. The summed E-state index contributed by atoms with van der Waals surface area (Å²) in [4.78, 5) is 19.3. The number of hydrogen-bond donors (Lipinski definition) is 1. The van der Waals surface area contributed by atoms with Gasteiger partial charge in [0.05, 0.1) is 0 Å². The quantitative estimate of drug-likeness (QED) is 0.533. The van der Waals surface area contributed by atoms with Crippen molar-refractivity contribution in [2.75, 3.05) is 19.0 Å². The monoisotopic (exact) mass is 393 g/mol. The Morgan fingerprint density at radius 3 is 2.79 bits per heavy atom. The van der Waals surface area contributed by atoms with Crippen molar-refractivity contribution in [1.29, 1.82) is 0 Å². The second-order valence-electron chi connectivity index (χ2n) is 6.71. The Bertz CT molecular complexity index is 1190. The zero-order valence-electron chi connectivity index (χ0n) is 15.7. The minimum atomic E-state index is -1.76. The van der Waals surface area contributed by atoms with Gasteiger partial charge >= 0.3 is 5.91 Å². The SMILES string of the molecule is Cc1ccnc2c([S+]([O-])NC(=O)c3cc4ccc(N(C)C)cc4o3)cccc12. The van der Waals surface area contributed by atoms with E-state index in [1.165, 1.54) is 0 Å². The van der Waals surface area contributed by atoms with Gasteiger partial charge in [-0.1, -0.05) is 12.1 Å². The number of rotatable bonds is 4. The van der Waals surface area contributed by atoms with E-state index in [-0.39, 0.29) is 5.76 Å². The zero-order chi connectivity index (χ0) is 19.8. The van der Waals surface area contributed by atoms with Gasteiger partial charge in [0.2, 0.25) is 4.90 Å². The molecule has 4 rings (SSSR count). The molecule has 0 bridgehead atoms. The fourth-order valence-electron chi connectivity index (χ4n) is 3.04. The van der Waals surface area contributed by atoms with E-state index < -0.39 is 17.3 Å². The van der Waals surface area contributed by atoms with Crippen LogP contribution in [0.5, 0.6) is 0 Å². The first kappa shape index (κ1) is 18.3. The van der Waals surface area contributed by atoms with Crippen LogP contribution in [0.25, 0.3) is 21.9 Å². The molecule has 2 heterocycles. The normalized spacial score (nSPS) is 12.3. The molecule has 2 aromatic carbocycles. The highest BCUT2D eigenvalue weighted by Crippen LogP contribution is 2.26. The number of pyridine rings is 1. The van der Waals surface area contributed by atoms with E-state index in [0.717, 1.165) is 22.0 Å². The number of nitrogens with zero attached hydrogens (tertiary/aromatic N) is 2. The van der Waals surface area contributed by atoms with Gasteiger partial charge in [-0.3, -0.25) is 9.78 Å². The number of carbonyl (C=O) groups excluding carboxylic acids is 1. The summed E-state index contributed by atoms with van der Waals surface area (Å²) < 4.78 is 21.0. The second-order valence-corrected chi connectivity index (χ2v) is 7.89. The Morgan fingerprint density at radius 2 is 2.00 bits per heavy atom. The molecule has 4 aromatic rings. The minimum absolute atomic E-state index is 0.114. The summed E-state index contributed by atoms with van der Waals surface area (Å²) in [5, 5.41) is 1.71. The third kappa shape index (κ3) is 3.30. The molecule has 0 aliphatic heterocycles. The van der Waals surface area contributed by atoms with Crippen molar-refractivity contribution in [2.24, 2.45) is 0 Å². The molecule has 1 N–H and O–H groups in total. The number of benzene rings is 2. The number of para-hydroxylation sites is 1. The molecule has 142 valence electrons. The fourth-order valence-corrected chi connectivity index (χ4v) is 3.96. The third-order valence-electron chi connectivity index (χ3n) is 4.58. The van der Waals surface area contributed by atoms with Crippen LogP contribution < -0.4 is 9.62 Å². The van der Waals surface area contributed by atoms with Crippen LogP contribution in [0, 0.1) is 6.92 Å². The van der Waals surface area contributed by atoms with Crippen LogP contribution in [0.4, 0.5) is 5.69 Å². The number of aryl methyl sites for hydroxylation is 1. The number of anilines is 1. The van der Waals surface area contributed by atoms with Crippen molar-refractivity contribution < 1.29 is 13.8 Å².